The molecule has 6 nitrogen and oxygen atoms in total. The van der Waals surface area contributed by atoms with Gasteiger partial charge in [0.05, 0.1) is 7.11 Å². The van der Waals surface area contributed by atoms with Crippen molar-refractivity contribution in [1.29, 1.82) is 0 Å². The summed E-state index contributed by atoms with van der Waals surface area (Å²) >= 11 is 3.42. The van der Waals surface area contributed by atoms with E-state index in [1.807, 2.05) is 17.8 Å². The number of carbonyl (C=O) groups is 1. The number of hydrogen-bond donors (Lipinski definition) is 1. The summed E-state index contributed by atoms with van der Waals surface area (Å²) in [6.45, 7) is 0.860. The average molecular weight is 358 g/mol. The summed E-state index contributed by atoms with van der Waals surface area (Å²) in [6.07, 6.45) is 4.88. The van der Waals surface area contributed by atoms with Crippen LogP contribution in [0.3, 0.4) is 0 Å². The fourth-order valence-corrected chi connectivity index (χ4v) is 4.08. The van der Waals surface area contributed by atoms with Gasteiger partial charge in [0.25, 0.3) is 0 Å². The predicted molar refractivity (Wildman–Crippen MR) is 79.7 cm³/mol. The van der Waals surface area contributed by atoms with E-state index >= 15 is 0 Å². The number of imidazole rings is 1. The van der Waals surface area contributed by atoms with Crippen molar-refractivity contribution in [2.24, 2.45) is 13.0 Å². The molecule has 7 heteroatoms. The van der Waals surface area contributed by atoms with Gasteiger partial charge in [0.15, 0.2) is 0 Å². The number of aryl methyl sites for hydroxylation is 1. The molecule has 2 fully saturated rings. The average Bonchev–Trinajstić information content (AvgIpc) is 3.03. The Morgan fingerprint density at radius 3 is 3.14 bits per heavy atom. The van der Waals surface area contributed by atoms with Gasteiger partial charge in [-0.2, -0.15) is 0 Å². The smallest absolute Gasteiger partial charge is 0.331 e. The number of nitrogens with zero attached hydrogens (tertiary/aromatic N) is 2. The standard InChI is InChI=1S/C14H20BrN3O3/c1-18-7-11(15)17-13(18)14(21-8-12(19)20-2)4-3-10-5-9(14)6-16-10/h7,9-10,16H,3-6,8H2,1-2H3. The SMILES string of the molecule is COC(=O)COC1(c2nc(Br)cn2C)CCC2CC1CN2. The largest absolute Gasteiger partial charge is 0.467 e. The van der Waals surface area contributed by atoms with Crippen LogP contribution >= 0.6 is 15.9 Å². The fraction of sp³-hybridized carbons (Fsp3) is 0.714. The molecule has 1 saturated heterocycles. The quantitative estimate of drug-likeness (QED) is 0.823. The van der Waals surface area contributed by atoms with Crippen molar-refractivity contribution in [1.82, 2.24) is 14.9 Å². The summed E-state index contributed by atoms with van der Waals surface area (Å²) in [5.41, 5.74) is -0.519. The van der Waals surface area contributed by atoms with E-state index in [2.05, 4.69) is 26.2 Å². The third-order valence-corrected chi connectivity index (χ3v) is 5.03. The lowest BCUT2D eigenvalue weighted by atomic mass is 9.75. The third kappa shape index (κ3) is 2.62. The molecule has 1 aromatic heterocycles. The zero-order valence-electron chi connectivity index (χ0n) is 12.3. The number of rotatable bonds is 4. The molecule has 1 aliphatic heterocycles. The molecule has 2 heterocycles. The molecular formula is C14H20BrN3O3. The molecule has 0 radical (unpaired) electrons. The lowest BCUT2D eigenvalue weighted by Gasteiger charge is -2.40. The molecule has 3 rings (SSSR count). The third-order valence-electron chi connectivity index (χ3n) is 4.65. The molecule has 21 heavy (non-hydrogen) atoms. The van der Waals surface area contributed by atoms with Crippen LogP contribution in [-0.4, -0.2) is 41.8 Å². The highest BCUT2D eigenvalue weighted by molar-refractivity contribution is 9.10. The van der Waals surface area contributed by atoms with Crippen LogP contribution in [0, 0.1) is 5.92 Å². The van der Waals surface area contributed by atoms with Gasteiger partial charge in [0.1, 0.15) is 22.6 Å². The van der Waals surface area contributed by atoms with Gasteiger partial charge in [-0.05, 0) is 35.2 Å². The first-order valence-corrected chi connectivity index (χ1v) is 7.98. The fourth-order valence-electron chi connectivity index (χ4n) is 3.61. The van der Waals surface area contributed by atoms with Crippen LogP contribution in [0.25, 0.3) is 0 Å². The van der Waals surface area contributed by atoms with Crippen LogP contribution in [0.1, 0.15) is 25.1 Å². The number of esters is 1. The van der Waals surface area contributed by atoms with Crippen molar-refractivity contribution < 1.29 is 14.3 Å². The maximum Gasteiger partial charge on any atom is 0.331 e. The summed E-state index contributed by atoms with van der Waals surface area (Å²) in [6, 6.07) is 0.563. The van der Waals surface area contributed by atoms with E-state index in [9.17, 15) is 4.79 Å². The van der Waals surface area contributed by atoms with Gasteiger partial charge in [0.2, 0.25) is 0 Å². The Balaban J connectivity index is 1.94. The second kappa shape index (κ2) is 5.70. The molecule has 1 saturated carbocycles. The van der Waals surface area contributed by atoms with E-state index in [-0.39, 0.29) is 12.6 Å². The van der Waals surface area contributed by atoms with Crippen LogP contribution in [0.2, 0.25) is 0 Å². The van der Waals surface area contributed by atoms with E-state index in [1.165, 1.54) is 7.11 Å². The predicted octanol–water partition coefficient (Wildman–Crippen LogP) is 1.34. The van der Waals surface area contributed by atoms with Crippen LogP contribution in [0.15, 0.2) is 10.8 Å². The molecule has 116 valence electrons. The van der Waals surface area contributed by atoms with Gasteiger partial charge < -0.3 is 19.4 Å². The normalized spacial score (nSPS) is 31.4. The van der Waals surface area contributed by atoms with Gasteiger partial charge in [-0.15, -0.1) is 0 Å². The molecule has 1 aromatic rings. The summed E-state index contributed by atoms with van der Waals surface area (Å²) in [7, 11) is 3.34. The summed E-state index contributed by atoms with van der Waals surface area (Å²) in [5.74, 6) is 0.857. The minimum atomic E-state index is -0.519. The molecule has 3 atom stereocenters. The molecule has 1 aliphatic carbocycles. The number of ether oxygens (including phenoxy) is 2. The van der Waals surface area contributed by atoms with Gasteiger partial charge in [-0.1, -0.05) is 0 Å². The van der Waals surface area contributed by atoms with Crippen molar-refractivity contribution in [2.75, 3.05) is 20.3 Å². The maximum atomic E-state index is 11.5. The zero-order chi connectivity index (χ0) is 15.0. The Labute approximate surface area is 132 Å². The van der Waals surface area contributed by atoms with E-state index < -0.39 is 5.60 Å². The summed E-state index contributed by atoms with van der Waals surface area (Å²) in [4.78, 5) is 16.1. The maximum absolute atomic E-state index is 11.5. The highest BCUT2D eigenvalue weighted by Crippen LogP contribution is 2.47. The zero-order valence-corrected chi connectivity index (χ0v) is 13.9. The van der Waals surface area contributed by atoms with Gasteiger partial charge in [0, 0.05) is 31.7 Å². The monoisotopic (exact) mass is 357 g/mol. The van der Waals surface area contributed by atoms with E-state index in [0.29, 0.717) is 12.0 Å². The highest BCUT2D eigenvalue weighted by Gasteiger charge is 2.51. The second-order valence-corrected chi connectivity index (χ2v) is 6.64. The topological polar surface area (TPSA) is 65.4 Å². The van der Waals surface area contributed by atoms with Crippen molar-refractivity contribution >= 4 is 21.9 Å². The Hall–Kier alpha value is -0.920. The molecule has 0 spiro atoms. The lowest BCUT2D eigenvalue weighted by Crippen LogP contribution is -2.44. The number of aromatic nitrogens is 2. The Morgan fingerprint density at radius 2 is 2.48 bits per heavy atom. The number of fused-ring (bicyclic) bond motifs is 2. The van der Waals surface area contributed by atoms with E-state index in [1.54, 1.807) is 0 Å². The molecule has 0 aromatic carbocycles. The van der Waals surface area contributed by atoms with Crippen LogP contribution in [0.5, 0.6) is 0 Å². The summed E-state index contributed by atoms with van der Waals surface area (Å²) in [5, 5.41) is 3.53. The van der Waals surface area contributed by atoms with Crippen molar-refractivity contribution in [2.45, 2.75) is 30.9 Å². The Morgan fingerprint density at radius 1 is 1.67 bits per heavy atom. The Kier molecular flexibility index (Phi) is 4.07. The first-order chi connectivity index (χ1) is 10.0. The van der Waals surface area contributed by atoms with Crippen LogP contribution in [-0.2, 0) is 26.9 Å². The molecule has 0 amide bonds. The highest BCUT2D eigenvalue weighted by atomic mass is 79.9. The van der Waals surface area contributed by atoms with Gasteiger partial charge >= 0.3 is 5.97 Å². The molecule has 1 N–H and O–H groups in total. The van der Waals surface area contributed by atoms with E-state index in [4.69, 9.17) is 9.47 Å². The number of halogens is 1. The molecular weight excluding hydrogens is 338 g/mol. The Bertz CT molecular complexity index is 548. The van der Waals surface area contributed by atoms with Crippen LogP contribution < -0.4 is 5.32 Å². The van der Waals surface area contributed by atoms with Crippen molar-refractivity contribution in [3.63, 3.8) is 0 Å². The molecule has 2 aliphatic rings. The summed E-state index contributed by atoms with van der Waals surface area (Å²) < 4.78 is 13.6. The molecule has 3 unspecified atom stereocenters. The first kappa shape index (κ1) is 15.0. The van der Waals surface area contributed by atoms with Crippen molar-refractivity contribution in [3.8, 4) is 0 Å². The van der Waals surface area contributed by atoms with Crippen LogP contribution in [0.4, 0.5) is 0 Å². The number of methoxy groups -OCH3 is 1. The number of hydrogen-bond acceptors (Lipinski definition) is 5. The van der Waals surface area contributed by atoms with Gasteiger partial charge in [-0.25, -0.2) is 9.78 Å². The minimum absolute atomic E-state index is 0.0395. The number of carbonyl (C=O) groups excluding carboxylic acids is 1. The number of nitrogens with one attached hydrogen (secondary N) is 1. The minimum Gasteiger partial charge on any atom is -0.467 e. The van der Waals surface area contributed by atoms with E-state index in [0.717, 1.165) is 36.2 Å². The lowest BCUT2D eigenvalue weighted by molar-refractivity contribution is -0.163. The van der Waals surface area contributed by atoms with Gasteiger partial charge in [-0.3, -0.25) is 0 Å². The van der Waals surface area contributed by atoms with Crippen molar-refractivity contribution in [3.05, 3.63) is 16.6 Å². The first-order valence-electron chi connectivity index (χ1n) is 7.18. The molecule has 2 bridgehead atoms. The second-order valence-electron chi connectivity index (χ2n) is 5.83.